The molecule has 2 N–H and O–H groups in total. The minimum absolute atomic E-state index is 0.186. The molecule has 2 aromatic carbocycles. The quantitative estimate of drug-likeness (QED) is 0.518. The molecule has 158 valence electrons. The van der Waals surface area contributed by atoms with E-state index >= 15 is 0 Å². The van der Waals surface area contributed by atoms with Gasteiger partial charge in [0.2, 0.25) is 0 Å². The molecule has 5 nitrogen and oxygen atoms in total. The first-order valence-electron chi connectivity index (χ1n) is 9.21. The number of guanidine groups is 1. The van der Waals surface area contributed by atoms with Crippen LogP contribution in [0.3, 0.4) is 0 Å². The Morgan fingerprint density at radius 1 is 0.966 bits per heavy atom. The van der Waals surface area contributed by atoms with Gasteiger partial charge in [-0.1, -0.05) is 36.4 Å². The second-order valence-electron chi connectivity index (χ2n) is 6.88. The highest BCUT2D eigenvalue weighted by atomic mass is 19.4. The van der Waals surface area contributed by atoms with E-state index in [1.807, 2.05) is 20.2 Å². The summed E-state index contributed by atoms with van der Waals surface area (Å²) in [6.45, 7) is 0.700. The van der Waals surface area contributed by atoms with E-state index in [9.17, 15) is 13.2 Å². The highest BCUT2D eigenvalue weighted by Gasteiger charge is 2.28. The molecule has 2 rings (SSSR count). The Bertz CT molecular complexity index is 789. The van der Waals surface area contributed by atoms with Crippen molar-refractivity contribution in [2.75, 3.05) is 27.7 Å². The Morgan fingerprint density at radius 3 is 2.17 bits per heavy atom. The fourth-order valence-corrected chi connectivity index (χ4v) is 2.66. The molecule has 0 bridgehead atoms. The summed E-state index contributed by atoms with van der Waals surface area (Å²) in [5, 5.41) is 6.45. The lowest BCUT2D eigenvalue weighted by molar-refractivity contribution is -0.153. The summed E-state index contributed by atoms with van der Waals surface area (Å²) in [5.41, 5.74) is 3.30. The summed E-state index contributed by atoms with van der Waals surface area (Å²) in [4.78, 5) is 6.32. The molecule has 0 unspecified atom stereocenters. The average Bonchev–Trinajstić information content (AvgIpc) is 2.66. The van der Waals surface area contributed by atoms with Crippen molar-refractivity contribution in [2.45, 2.75) is 25.8 Å². The summed E-state index contributed by atoms with van der Waals surface area (Å²) in [6.07, 6.45) is -4.34. The molecule has 0 saturated heterocycles. The van der Waals surface area contributed by atoms with Gasteiger partial charge in [-0.2, -0.15) is 13.2 Å². The monoisotopic (exact) mass is 408 g/mol. The molecule has 0 spiro atoms. The van der Waals surface area contributed by atoms with Crippen LogP contribution in [0.4, 0.5) is 13.2 Å². The lowest BCUT2D eigenvalue weighted by atomic mass is 10.1. The zero-order chi connectivity index (χ0) is 21.3. The van der Waals surface area contributed by atoms with Crippen molar-refractivity contribution in [1.29, 1.82) is 0 Å². The number of hydrogen-bond acceptors (Lipinski definition) is 3. The van der Waals surface area contributed by atoms with E-state index in [0.717, 1.165) is 17.7 Å². The summed E-state index contributed by atoms with van der Waals surface area (Å²) >= 11 is 0. The van der Waals surface area contributed by atoms with E-state index < -0.39 is 12.8 Å². The van der Waals surface area contributed by atoms with Crippen LogP contribution in [0.5, 0.6) is 5.75 Å². The first kappa shape index (κ1) is 22.5. The van der Waals surface area contributed by atoms with E-state index in [1.165, 1.54) is 17.7 Å². The third-order valence-corrected chi connectivity index (χ3v) is 3.96. The molecule has 0 heterocycles. The van der Waals surface area contributed by atoms with Crippen molar-refractivity contribution >= 4 is 5.96 Å². The van der Waals surface area contributed by atoms with Crippen LogP contribution in [0.15, 0.2) is 53.5 Å². The second kappa shape index (κ2) is 10.7. The Balaban J connectivity index is 1.82. The third-order valence-electron chi connectivity index (χ3n) is 3.96. The number of alkyl halides is 3. The molecule has 2 aromatic rings. The molecule has 0 aromatic heterocycles. The van der Waals surface area contributed by atoms with Crippen molar-refractivity contribution in [3.63, 3.8) is 0 Å². The van der Waals surface area contributed by atoms with Crippen molar-refractivity contribution in [3.05, 3.63) is 65.2 Å². The van der Waals surface area contributed by atoms with Gasteiger partial charge < -0.3 is 20.3 Å². The molecule has 0 fully saturated rings. The third kappa shape index (κ3) is 8.87. The van der Waals surface area contributed by atoms with Gasteiger partial charge in [-0.25, -0.2) is 0 Å². The maximum Gasteiger partial charge on any atom is 0.422 e. The molecule has 0 aliphatic rings. The van der Waals surface area contributed by atoms with E-state index in [-0.39, 0.29) is 5.75 Å². The van der Waals surface area contributed by atoms with Gasteiger partial charge >= 0.3 is 6.18 Å². The van der Waals surface area contributed by atoms with Crippen LogP contribution in [0.1, 0.15) is 16.7 Å². The smallest absolute Gasteiger partial charge is 0.422 e. The van der Waals surface area contributed by atoms with Gasteiger partial charge in [0.05, 0.1) is 0 Å². The number of ether oxygens (including phenoxy) is 1. The van der Waals surface area contributed by atoms with Crippen LogP contribution >= 0.6 is 0 Å². The number of nitrogens with one attached hydrogen (secondary N) is 2. The fourth-order valence-electron chi connectivity index (χ4n) is 2.66. The number of nitrogens with zero attached hydrogens (tertiary/aromatic N) is 2. The Morgan fingerprint density at radius 2 is 1.59 bits per heavy atom. The zero-order valence-corrected chi connectivity index (χ0v) is 16.9. The minimum atomic E-state index is -4.34. The first-order valence-corrected chi connectivity index (χ1v) is 9.21. The van der Waals surface area contributed by atoms with E-state index in [4.69, 9.17) is 4.74 Å². The first-order chi connectivity index (χ1) is 13.7. The number of benzene rings is 2. The maximum absolute atomic E-state index is 12.2. The molecule has 0 radical (unpaired) electrons. The molecule has 0 atom stereocenters. The molecule has 0 saturated carbocycles. The molecule has 8 heteroatoms. The number of rotatable bonds is 8. The number of hydrogen-bond donors (Lipinski definition) is 2. The van der Waals surface area contributed by atoms with Gasteiger partial charge in [0.25, 0.3) is 0 Å². The van der Waals surface area contributed by atoms with Crippen molar-refractivity contribution in [2.24, 2.45) is 4.99 Å². The van der Waals surface area contributed by atoms with Gasteiger partial charge in [0.1, 0.15) is 5.75 Å². The SMILES string of the molecule is CN=C(NCc1ccc(OCC(F)(F)F)cc1)NCc1cccc(CN(C)C)c1. The van der Waals surface area contributed by atoms with Crippen molar-refractivity contribution in [1.82, 2.24) is 15.5 Å². The summed E-state index contributed by atoms with van der Waals surface area (Å²) < 4.78 is 41.3. The van der Waals surface area contributed by atoms with Crippen molar-refractivity contribution in [3.8, 4) is 5.75 Å². The Labute approximate surface area is 169 Å². The number of halogens is 3. The van der Waals surface area contributed by atoms with Gasteiger partial charge in [-0.15, -0.1) is 0 Å². The van der Waals surface area contributed by atoms with Crippen LogP contribution in [0.25, 0.3) is 0 Å². The summed E-state index contributed by atoms with van der Waals surface area (Å²) in [6, 6.07) is 14.8. The normalized spacial score (nSPS) is 12.2. The molecular weight excluding hydrogens is 381 g/mol. The standard InChI is InChI=1S/C21H27F3N4O/c1-25-20(27-13-17-5-4-6-18(11-17)14-28(2)3)26-12-16-7-9-19(10-8-16)29-15-21(22,23)24/h4-11H,12-15H2,1-3H3,(H2,25,26,27). The lowest BCUT2D eigenvalue weighted by Crippen LogP contribution is -2.36. The van der Waals surface area contributed by atoms with Gasteiger partial charge in [0.15, 0.2) is 12.6 Å². The molecular formula is C21H27F3N4O. The predicted molar refractivity (Wildman–Crippen MR) is 109 cm³/mol. The summed E-state index contributed by atoms with van der Waals surface area (Å²) in [7, 11) is 5.75. The predicted octanol–water partition coefficient (Wildman–Crippen LogP) is 3.55. The lowest BCUT2D eigenvalue weighted by Gasteiger charge is -2.14. The fraction of sp³-hybridized carbons (Fsp3) is 0.381. The topological polar surface area (TPSA) is 48.9 Å². The van der Waals surface area contributed by atoms with Crippen LogP contribution < -0.4 is 15.4 Å². The minimum Gasteiger partial charge on any atom is -0.484 e. The van der Waals surface area contributed by atoms with Gasteiger partial charge in [-0.05, 0) is 42.9 Å². The summed E-state index contributed by atoms with van der Waals surface area (Å²) in [5.74, 6) is 0.826. The van der Waals surface area contributed by atoms with Crippen LogP contribution in [-0.4, -0.2) is 44.8 Å². The van der Waals surface area contributed by atoms with E-state index in [0.29, 0.717) is 19.0 Å². The van der Waals surface area contributed by atoms with Crippen LogP contribution in [0, 0.1) is 0 Å². The maximum atomic E-state index is 12.2. The second-order valence-corrected chi connectivity index (χ2v) is 6.88. The molecule has 29 heavy (non-hydrogen) atoms. The van der Waals surface area contributed by atoms with Gasteiger partial charge in [0, 0.05) is 26.7 Å². The molecule has 0 amide bonds. The Kier molecular flexibility index (Phi) is 8.33. The van der Waals surface area contributed by atoms with Gasteiger partial charge in [-0.3, -0.25) is 4.99 Å². The van der Waals surface area contributed by atoms with Crippen LogP contribution in [0.2, 0.25) is 0 Å². The van der Waals surface area contributed by atoms with Crippen LogP contribution in [-0.2, 0) is 19.6 Å². The highest BCUT2D eigenvalue weighted by molar-refractivity contribution is 5.79. The largest absolute Gasteiger partial charge is 0.484 e. The molecule has 0 aliphatic carbocycles. The molecule has 0 aliphatic heterocycles. The Hall–Kier alpha value is -2.74. The zero-order valence-electron chi connectivity index (χ0n) is 16.9. The number of aliphatic imine (C=N–C) groups is 1. The van der Waals surface area contributed by atoms with E-state index in [1.54, 1.807) is 19.2 Å². The van der Waals surface area contributed by atoms with E-state index in [2.05, 4.69) is 38.7 Å². The average molecular weight is 408 g/mol. The van der Waals surface area contributed by atoms with Crippen molar-refractivity contribution < 1.29 is 17.9 Å². The highest BCUT2D eigenvalue weighted by Crippen LogP contribution is 2.18.